The summed E-state index contributed by atoms with van der Waals surface area (Å²) in [6.45, 7) is 1.25. The number of hydrogen-bond acceptors (Lipinski definition) is 5. The van der Waals surface area contributed by atoms with Crippen molar-refractivity contribution in [1.29, 1.82) is 0 Å². The number of carboxylic acid groups (broad SMARTS) is 1. The summed E-state index contributed by atoms with van der Waals surface area (Å²) in [6, 6.07) is 3.52. The Balaban J connectivity index is 1.75. The van der Waals surface area contributed by atoms with E-state index in [-0.39, 0.29) is 42.0 Å². The third kappa shape index (κ3) is 7.71. The van der Waals surface area contributed by atoms with Crippen molar-refractivity contribution in [2.24, 2.45) is 11.8 Å². The van der Waals surface area contributed by atoms with Crippen LogP contribution >= 0.6 is 11.6 Å². The second-order valence-electron chi connectivity index (χ2n) is 10.6. The number of nitrogens with zero attached hydrogens (tertiary/aromatic N) is 1. The van der Waals surface area contributed by atoms with Gasteiger partial charge in [-0.25, -0.2) is 14.0 Å². The van der Waals surface area contributed by atoms with Crippen LogP contribution in [0, 0.1) is 17.7 Å². The summed E-state index contributed by atoms with van der Waals surface area (Å²) >= 11 is 6.30. The molecule has 0 radical (unpaired) electrons. The fourth-order valence-corrected chi connectivity index (χ4v) is 6.32. The predicted molar refractivity (Wildman–Crippen MR) is 144 cm³/mol. The molecule has 1 aliphatic heterocycles. The number of halogens is 2. The summed E-state index contributed by atoms with van der Waals surface area (Å²) in [5, 5.41) is 40.1. The fourth-order valence-electron chi connectivity index (χ4n) is 6.03. The van der Waals surface area contributed by atoms with Gasteiger partial charge in [0.15, 0.2) is 0 Å². The first-order valence-electron chi connectivity index (χ1n) is 13.7. The zero-order chi connectivity index (χ0) is 27.7. The predicted octanol–water partition coefficient (Wildman–Crippen LogP) is 3.67. The van der Waals surface area contributed by atoms with Gasteiger partial charge >= 0.3 is 12.1 Å². The number of rotatable bonds is 11. The Morgan fingerprint density at radius 2 is 1.95 bits per heavy atom. The highest BCUT2D eigenvalue weighted by atomic mass is 35.5. The van der Waals surface area contributed by atoms with Gasteiger partial charge in [-0.05, 0) is 57.6 Å². The van der Waals surface area contributed by atoms with Crippen LogP contribution in [0.1, 0.15) is 63.4 Å². The molecule has 1 heterocycles. The van der Waals surface area contributed by atoms with Crippen LogP contribution in [0.5, 0.6) is 0 Å². The summed E-state index contributed by atoms with van der Waals surface area (Å²) in [6.07, 6.45) is 5.07. The number of carbonyl (C=O) groups is 2. The van der Waals surface area contributed by atoms with Gasteiger partial charge in [0.25, 0.3) is 0 Å². The Morgan fingerprint density at radius 1 is 1.21 bits per heavy atom. The molecule has 3 rings (SSSR count). The lowest BCUT2D eigenvalue weighted by molar-refractivity contribution is -0.0556. The molecule has 1 saturated carbocycles. The Labute approximate surface area is 229 Å². The zero-order valence-electron chi connectivity index (χ0n) is 22.1. The minimum Gasteiger partial charge on any atom is -0.465 e. The van der Waals surface area contributed by atoms with Crippen LogP contribution < -0.4 is 16.0 Å². The summed E-state index contributed by atoms with van der Waals surface area (Å²) in [7, 11) is 1.78. The highest BCUT2D eigenvalue weighted by Crippen LogP contribution is 2.42. The van der Waals surface area contributed by atoms with Gasteiger partial charge in [0.05, 0.1) is 22.8 Å². The summed E-state index contributed by atoms with van der Waals surface area (Å²) in [5.41, 5.74) is -1.33. The van der Waals surface area contributed by atoms with Gasteiger partial charge in [0.1, 0.15) is 5.82 Å². The van der Waals surface area contributed by atoms with Crippen LogP contribution in [0.4, 0.5) is 14.0 Å². The Bertz CT molecular complexity index is 935. The van der Waals surface area contributed by atoms with Crippen molar-refractivity contribution >= 4 is 23.7 Å². The standard InChI is InChI=1S/C27H42ClFN4O5/c1-30-16-22(24(34)18-8-3-2-4-9-18)32-25(35)33-15-6-10-19(17-33)27(38,13-7-14-31-26(36)37)20-11-5-12-21(29)23(20)28/h5,11-12,18-19,22,24,30-31,34,38H,2-4,6-10,13-17H2,1H3,(H,32,35)(H,36,37)/t19-,22-,24-,27+/m1/s1. The highest BCUT2D eigenvalue weighted by molar-refractivity contribution is 6.31. The molecule has 38 heavy (non-hydrogen) atoms. The molecule has 0 aromatic heterocycles. The number of aliphatic hydroxyl groups excluding tert-OH is 1. The highest BCUT2D eigenvalue weighted by Gasteiger charge is 2.43. The minimum absolute atomic E-state index is 0.117. The second kappa shape index (κ2) is 14.3. The maximum absolute atomic E-state index is 14.4. The van der Waals surface area contributed by atoms with E-state index in [1.54, 1.807) is 18.0 Å². The molecule has 0 spiro atoms. The monoisotopic (exact) mass is 556 g/mol. The normalized spacial score (nSPS) is 21.8. The summed E-state index contributed by atoms with van der Waals surface area (Å²) in [4.78, 5) is 25.9. The molecule has 3 amide bonds. The average Bonchev–Trinajstić information content (AvgIpc) is 2.92. The molecule has 11 heteroatoms. The number of likely N-dealkylation sites (tertiary alicyclic amines) is 1. The van der Waals surface area contributed by atoms with Gasteiger partial charge in [0, 0.05) is 37.7 Å². The average molecular weight is 557 g/mol. The first kappa shape index (κ1) is 30.4. The van der Waals surface area contributed by atoms with Crippen molar-refractivity contribution in [3.05, 3.63) is 34.6 Å². The third-order valence-electron chi connectivity index (χ3n) is 8.09. The van der Waals surface area contributed by atoms with Crippen LogP contribution in [0.25, 0.3) is 0 Å². The third-order valence-corrected chi connectivity index (χ3v) is 8.48. The Hall–Kier alpha value is -2.14. The van der Waals surface area contributed by atoms with Gasteiger partial charge in [0.2, 0.25) is 0 Å². The van der Waals surface area contributed by atoms with E-state index in [0.29, 0.717) is 32.4 Å². The number of aliphatic hydroxyl groups is 2. The van der Waals surface area contributed by atoms with E-state index in [9.17, 15) is 24.2 Å². The Morgan fingerprint density at radius 3 is 2.63 bits per heavy atom. The summed E-state index contributed by atoms with van der Waals surface area (Å²) in [5.74, 6) is -0.948. The van der Waals surface area contributed by atoms with Crippen LogP contribution in [-0.4, -0.2) is 77.7 Å². The number of carbonyl (C=O) groups excluding carboxylic acids is 1. The Kier molecular flexibility index (Phi) is 11.4. The molecule has 1 aromatic carbocycles. The molecule has 2 fully saturated rings. The number of amides is 3. The maximum atomic E-state index is 14.4. The van der Waals surface area contributed by atoms with Crippen molar-refractivity contribution in [1.82, 2.24) is 20.9 Å². The molecule has 1 aliphatic carbocycles. The number of benzene rings is 1. The van der Waals surface area contributed by atoms with E-state index in [1.807, 2.05) is 0 Å². The van der Waals surface area contributed by atoms with Crippen molar-refractivity contribution < 1.29 is 29.3 Å². The lowest BCUT2D eigenvalue weighted by Crippen LogP contribution is -2.57. The smallest absolute Gasteiger partial charge is 0.404 e. The maximum Gasteiger partial charge on any atom is 0.404 e. The van der Waals surface area contributed by atoms with Crippen LogP contribution in [0.15, 0.2) is 18.2 Å². The van der Waals surface area contributed by atoms with Gasteiger partial charge in [-0.2, -0.15) is 0 Å². The molecule has 9 nitrogen and oxygen atoms in total. The number of urea groups is 1. The van der Waals surface area contributed by atoms with Crippen LogP contribution in [0.2, 0.25) is 5.02 Å². The van der Waals surface area contributed by atoms with E-state index in [1.165, 1.54) is 18.6 Å². The molecule has 1 saturated heterocycles. The second-order valence-corrected chi connectivity index (χ2v) is 11.0. The molecule has 214 valence electrons. The van der Waals surface area contributed by atoms with Crippen molar-refractivity contribution in [2.75, 3.05) is 33.2 Å². The van der Waals surface area contributed by atoms with Crippen molar-refractivity contribution in [3.8, 4) is 0 Å². The van der Waals surface area contributed by atoms with Gasteiger partial charge in [-0.3, -0.25) is 0 Å². The van der Waals surface area contributed by atoms with E-state index in [0.717, 1.165) is 25.7 Å². The van der Waals surface area contributed by atoms with E-state index in [4.69, 9.17) is 16.7 Å². The molecule has 4 atom stereocenters. The number of nitrogens with one attached hydrogen (secondary N) is 3. The SMILES string of the molecule is CNC[C@@H](NC(=O)N1CCC[C@@H]([C@@](O)(CCCNC(=O)O)c2cccc(F)c2Cl)C1)[C@H](O)C1CCCCC1. The summed E-state index contributed by atoms with van der Waals surface area (Å²) < 4.78 is 14.4. The molecule has 0 bridgehead atoms. The number of piperidine rings is 1. The molecule has 1 aromatic rings. The quantitative estimate of drug-likeness (QED) is 0.230. The van der Waals surface area contributed by atoms with Gasteiger partial charge in [-0.15, -0.1) is 0 Å². The van der Waals surface area contributed by atoms with Gasteiger partial charge in [-0.1, -0.05) is 43.0 Å². The van der Waals surface area contributed by atoms with Crippen molar-refractivity contribution in [3.63, 3.8) is 0 Å². The minimum atomic E-state index is -1.57. The van der Waals surface area contributed by atoms with E-state index in [2.05, 4.69) is 16.0 Å². The van der Waals surface area contributed by atoms with Gasteiger partial charge < -0.3 is 36.2 Å². The van der Waals surface area contributed by atoms with E-state index >= 15 is 0 Å². The van der Waals surface area contributed by atoms with Crippen LogP contribution in [0.3, 0.4) is 0 Å². The van der Waals surface area contributed by atoms with E-state index < -0.39 is 35.6 Å². The van der Waals surface area contributed by atoms with Crippen molar-refractivity contribution in [2.45, 2.75) is 75.5 Å². The first-order chi connectivity index (χ1) is 18.2. The molecular formula is C27H42ClFN4O5. The molecule has 2 aliphatic rings. The number of likely N-dealkylation sites (N-methyl/N-ethyl adjacent to an activating group) is 1. The molecule has 0 unspecified atom stereocenters. The topological polar surface area (TPSA) is 134 Å². The lowest BCUT2D eigenvalue weighted by Gasteiger charge is -2.43. The molecule has 6 N–H and O–H groups in total. The van der Waals surface area contributed by atoms with Crippen LogP contribution in [-0.2, 0) is 5.60 Å². The zero-order valence-corrected chi connectivity index (χ0v) is 22.9. The first-order valence-corrected chi connectivity index (χ1v) is 14.1. The molecular weight excluding hydrogens is 515 g/mol. The number of hydrogen-bond donors (Lipinski definition) is 6. The fraction of sp³-hybridized carbons (Fsp3) is 0.704. The lowest BCUT2D eigenvalue weighted by atomic mass is 9.74. The largest absolute Gasteiger partial charge is 0.465 e.